The Hall–Kier alpha value is -1.50. The second kappa shape index (κ2) is 4.66. The standard InChI is InChI=1S/C10H14O4/c1-9(2,13-7-11)5-6-10(3,4)14-8-12/h7-8H,1-4H3. The normalized spacial score (nSPS) is 10.9. The van der Waals surface area contributed by atoms with Crippen LogP contribution < -0.4 is 0 Å². The minimum absolute atomic E-state index is 0.336. The van der Waals surface area contributed by atoms with Crippen molar-refractivity contribution < 1.29 is 19.1 Å². The van der Waals surface area contributed by atoms with Crippen LogP contribution in [-0.4, -0.2) is 24.1 Å². The van der Waals surface area contributed by atoms with Gasteiger partial charge in [-0.3, -0.25) is 9.59 Å². The minimum Gasteiger partial charge on any atom is -0.449 e. The summed E-state index contributed by atoms with van der Waals surface area (Å²) in [5, 5.41) is 0. The Labute approximate surface area is 83.6 Å². The fourth-order valence-corrected chi connectivity index (χ4v) is 0.601. The van der Waals surface area contributed by atoms with Crippen LogP contribution in [0.3, 0.4) is 0 Å². The molecule has 0 atom stereocenters. The van der Waals surface area contributed by atoms with E-state index in [1.54, 1.807) is 27.7 Å². The monoisotopic (exact) mass is 198 g/mol. The zero-order valence-corrected chi connectivity index (χ0v) is 8.79. The first kappa shape index (κ1) is 12.5. The fourth-order valence-electron chi connectivity index (χ4n) is 0.601. The summed E-state index contributed by atoms with van der Waals surface area (Å²) in [5.74, 6) is 5.40. The van der Waals surface area contributed by atoms with Gasteiger partial charge in [0.15, 0.2) is 11.2 Å². The number of carbonyl (C=O) groups excluding carboxylic acids is 2. The van der Waals surface area contributed by atoms with E-state index in [4.69, 9.17) is 9.47 Å². The molecule has 0 aliphatic rings. The van der Waals surface area contributed by atoms with Crippen molar-refractivity contribution >= 4 is 12.9 Å². The molecule has 0 aromatic rings. The molecular formula is C10H14O4. The zero-order valence-electron chi connectivity index (χ0n) is 8.79. The number of rotatable bonds is 4. The Morgan fingerprint density at radius 1 is 0.857 bits per heavy atom. The van der Waals surface area contributed by atoms with E-state index in [2.05, 4.69) is 11.8 Å². The Kier molecular flexibility index (Phi) is 4.16. The number of ether oxygens (including phenoxy) is 2. The molecular weight excluding hydrogens is 184 g/mol. The quantitative estimate of drug-likeness (QED) is 0.497. The van der Waals surface area contributed by atoms with Gasteiger partial charge in [-0.15, -0.1) is 0 Å². The molecule has 0 aliphatic heterocycles. The highest BCUT2D eigenvalue weighted by Crippen LogP contribution is 2.09. The van der Waals surface area contributed by atoms with Gasteiger partial charge in [0.05, 0.1) is 0 Å². The molecule has 0 spiro atoms. The largest absolute Gasteiger partial charge is 0.449 e. The van der Waals surface area contributed by atoms with Gasteiger partial charge in [-0.2, -0.15) is 0 Å². The summed E-state index contributed by atoms with van der Waals surface area (Å²) in [6.07, 6.45) is 0. The maximum atomic E-state index is 10.1. The summed E-state index contributed by atoms with van der Waals surface area (Å²) in [4.78, 5) is 20.2. The van der Waals surface area contributed by atoms with Gasteiger partial charge in [-0.25, -0.2) is 0 Å². The summed E-state index contributed by atoms with van der Waals surface area (Å²) in [6, 6.07) is 0. The first-order valence-corrected chi connectivity index (χ1v) is 4.10. The van der Waals surface area contributed by atoms with Crippen molar-refractivity contribution in [3.8, 4) is 11.8 Å². The Morgan fingerprint density at radius 2 is 1.14 bits per heavy atom. The van der Waals surface area contributed by atoms with Gasteiger partial charge < -0.3 is 9.47 Å². The van der Waals surface area contributed by atoms with Gasteiger partial charge in [0.1, 0.15) is 0 Å². The van der Waals surface area contributed by atoms with Gasteiger partial charge in [-0.1, -0.05) is 11.8 Å². The predicted octanol–water partition coefficient (Wildman–Crippen LogP) is 0.893. The lowest BCUT2D eigenvalue weighted by Crippen LogP contribution is -2.25. The smallest absolute Gasteiger partial charge is 0.294 e. The molecule has 0 unspecified atom stereocenters. The molecule has 4 nitrogen and oxygen atoms in total. The van der Waals surface area contributed by atoms with Crippen LogP contribution in [0.25, 0.3) is 0 Å². The second-order valence-corrected chi connectivity index (χ2v) is 3.70. The van der Waals surface area contributed by atoms with Gasteiger partial charge in [0, 0.05) is 0 Å². The third-order valence-corrected chi connectivity index (χ3v) is 1.35. The molecule has 0 saturated carbocycles. The Bertz CT molecular complexity index is 242. The Balaban J connectivity index is 4.54. The summed E-state index contributed by atoms with van der Waals surface area (Å²) >= 11 is 0. The predicted molar refractivity (Wildman–Crippen MR) is 50.2 cm³/mol. The molecule has 0 aromatic heterocycles. The van der Waals surface area contributed by atoms with Crippen LogP contribution in [0, 0.1) is 11.8 Å². The molecule has 0 saturated heterocycles. The highest BCUT2D eigenvalue weighted by atomic mass is 16.5. The van der Waals surface area contributed by atoms with Crippen LogP contribution in [0.1, 0.15) is 27.7 Å². The van der Waals surface area contributed by atoms with E-state index in [9.17, 15) is 9.59 Å². The van der Waals surface area contributed by atoms with Crippen molar-refractivity contribution in [1.82, 2.24) is 0 Å². The van der Waals surface area contributed by atoms with Crippen molar-refractivity contribution in [3.63, 3.8) is 0 Å². The van der Waals surface area contributed by atoms with E-state index in [0.717, 1.165) is 0 Å². The van der Waals surface area contributed by atoms with Crippen molar-refractivity contribution in [2.24, 2.45) is 0 Å². The van der Waals surface area contributed by atoms with E-state index in [1.165, 1.54) is 0 Å². The average molecular weight is 198 g/mol. The van der Waals surface area contributed by atoms with Gasteiger partial charge >= 0.3 is 0 Å². The van der Waals surface area contributed by atoms with Gasteiger partial charge in [-0.05, 0) is 27.7 Å². The topological polar surface area (TPSA) is 52.6 Å². The molecule has 0 radical (unpaired) electrons. The maximum Gasteiger partial charge on any atom is 0.294 e. The average Bonchev–Trinajstić information content (AvgIpc) is 2.01. The Morgan fingerprint density at radius 3 is 1.36 bits per heavy atom. The van der Waals surface area contributed by atoms with Gasteiger partial charge in [0.2, 0.25) is 0 Å². The third-order valence-electron chi connectivity index (χ3n) is 1.35. The first-order valence-electron chi connectivity index (χ1n) is 4.10. The lowest BCUT2D eigenvalue weighted by atomic mass is 10.1. The summed E-state index contributed by atoms with van der Waals surface area (Å²) < 4.78 is 9.41. The van der Waals surface area contributed by atoms with Crippen molar-refractivity contribution in [2.75, 3.05) is 0 Å². The van der Waals surface area contributed by atoms with E-state index in [0.29, 0.717) is 12.9 Å². The molecule has 78 valence electrons. The third kappa shape index (κ3) is 5.20. The highest BCUT2D eigenvalue weighted by Gasteiger charge is 2.18. The molecule has 0 aliphatic carbocycles. The van der Waals surface area contributed by atoms with Crippen LogP contribution in [0.4, 0.5) is 0 Å². The SMILES string of the molecule is CC(C)(C#CC(C)(C)OC=O)OC=O. The van der Waals surface area contributed by atoms with E-state index in [1.807, 2.05) is 0 Å². The molecule has 0 fully saturated rings. The van der Waals surface area contributed by atoms with Crippen LogP contribution >= 0.6 is 0 Å². The minimum atomic E-state index is -0.870. The van der Waals surface area contributed by atoms with Crippen molar-refractivity contribution in [2.45, 2.75) is 38.9 Å². The maximum absolute atomic E-state index is 10.1. The second-order valence-electron chi connectivity index (χ2n) is 3.70. The van der Waals surface area contributed by atoms with E-state index < -0.39 is 11.2 Å². The van der Waals surface area contributed by atoms with Crippen LogP contribution in [0.15, 0.2) is 0 Å². The number of carbonyl (C=O) groups is 2. The molecule has 0 bridgehead atoms. The molecule has 14 heavy (non-hydrogen) atoms. The number of hydrogen-bond acceptors (Lipinski definition) is 4. The van der Waals surface area contributed by atoms with Crippen LogP contribution in [0.5, 0.6) is 0 Å². The van der Waals surface area contributed by atoms with E-state index >= 15 is 0 Å². The molecule has 0 amide bonds. The molecule has 4 heteroatoms. The van der Waals surface area contributed by atoms with E-state index in [-0.39, 0.29) is 0 Å². The summed E-state index contributed by atoms with van der Waals surface area (Å²) in [7, 11) is 0. The lowest BCUT2D eigenvalue weighted by Gasteiger charge is -2.18. The molecule has 0 N–H and O–H groups in total. The first-order chi connectivity index (χ1) is 6.33. The molecule has 0 rings (SSSR count). The molecule has 0 aromatic carbocycles. The summed E-state index contributed by atoms with van der Waals surface area (Å²) in [6.45, 7) is 7.25. The fraction of sp³-hybridized carbons (Fsp3) is 0.600. The summed E-state index contributed by atoms with van der Waals surface area (Å²) in [5.41, 5.74) is -1.74. The van der Waals surface area contributed by atoms with Crippen LogP contribution in [0.2, 0.25) is 0 Å². The highest BCUT2D eigenvalue weighted by molar-refractivity contribution is 5.41. The zero-order chi connectivity index (χ0) is 11.2. The number of hydrogen-bond donors (Lipinski definition) is 0. The van der Waals surface area contributed by atoms with Crippen molar-refractivity contribution in [3.05, 3.63) is 0 Å². The molecule has 0 heterocycles. The van der Waals surface area contributed by atoms with Crippen molar-refractivity contribution in [1.29, 1.82) is 0 Å². The van der Waals surface area contributed by atoms with Gasteiger partial charge in [0.25, 0.3) is 12.9 Å². The lowest BCUT2D eigenvalue weighted by molar-refractivity contribution is -0.137. The van der Waals surface area contributed by atoms with Crippen LogP contribution in [-0.2, 0) is 19.1 Å².